The highest BCUT2D eigenvalue weighted by Crippen LogP contribution is 2.58. The lowest BCUT2D eigenvalue weighted by atomic mass is 10.1. The van der Waals surface area contributed by atoms with E-state index in [4.69, 9.17) is 5.73 Å². The van der Waals surface area contributed by atoms with Gasteiger partial charge >= 0.3 is 0 Å². The molecule has 23 heavy (non-hydrogen) atoms. The number of aromatic amines is 2. The predicted molar refractivity (Wildman–Crippen MR) is 80.8 cm³/mol. The second kappa shape index (κ2) is 4.87. The van der Waals surface area contributed by atoms with Crippen LogP contribution in [0, 0.1) is 11.8 Å². The Kier molecular flexibility index (Phi) is 2.93. The third-order valence-corrected chi connectivity index (χ3v) is 4.58. The van der Waals surface area contributed by atoms with E-state index < -0.39 is 11.5 Å². The van der Waals surface area contributed by atoms with Crippen LogP contribution in [0.25, 0.3) is 11.4 Å². The van der Waals surface area contributed by atoms with Crippen LogP contribution in [0.5, 0.6) is 0 Å². The lowest BCUT2D eigenvalue weighted by Crippen LogP contribution is -2.25. The monoisotopic (exact) mass is 313 g/mol. The lowest BCUT2D eigenvalue weighted by Gasteiger charge is -2.04. The van der Waals surface area contributed by atoms with Gasteiger partial charge in [0.25, 0.3) is 17.0 Å². The maximum atomic E-state index is 12.0. The van der Waals surface area contributed by atoms with Gasteiger partial charge in [-0.15, -0.1) is 0 Å². The van der Waals surface area contributed by atoms with Crippen LogP contribution in [0.1, 0.15) is 41.2 Å². The summed E-state index contributed by atoms with van der Waals surface area (Å²) in [5.41, 5.74) is 5.30. The minimum Gasteiger partial charge on any atom is -0.364 e. The van der Waals surface area contributed by atoms with Gasteiger partial charge in [-0.1, -0.05) is 0 Å². The molecule has 2 fully saturated rings. The molecule has 0 unspecified atom stereocenters. The number of hydrogen-bond acceptors (Lipinski definition) is 5. The van der Waals surface area contributed by atoms with Gasteiger partial charge in [-0.25, -0.2) is 10.1 Å². The average Bonchev–Trinajstić information content (AvgIpc) is 3.40. The Labute approximate surface area is 130 Å². The lowest BCUT2D eigenvalue weighted by molar-refractivity contribution is 0.0994. The van der Waals surface area contributed by atoms with Crippen molar-refractivity contribution in [3.8, 4) is 11.4 Å². The van der Waals surface area contributed by atoms with Gasteiger partial charge in [-0.2, -0.15) is 5.10 Å². The highest BCUT2D eigenvalue weighted by atomic mass is 16.2. The highest BCUT2D eigenvalue weighted by molar-refractivity contribution is 5.90. The second-order valence-electron chi connectivity index (χ2n) is 6.21. The molecule has 8 heteroatoms. The van der Waals surface area contributed by atoms with Crippen LogP contribution in [0.3, 0.4) is 0 Å². The van der Waals surface area contributed by atoms with E-state index in [1.54, 1.807) is 6.07 Å². The normalized spacial score (nSPS) is 22.8. The van der Waals surface area contributed by atoms with Gasteiger partial charge in [0.2, 0.25) is 0 Å². The third-order valence-electron chi connectivity index (χ3n) is 4.58. The number of amides is 1. The van der Waals surface area contributed by atoms with Gasteiger partial charge in [-0.3, -0.25) is 14.4 Å². The Balaban J connectivity index is 1.72. The SMILES string of the molecule is NC(=O)c1nc(-c2cc([C@H]3C[C@@H]3C3CC3)c(=O)[nH]n2)c[nH]c1=O. The fourth-order valence-corrected chi connectivity index (χ4v) is 3.15. The predicted octanol–water partition coefficient (Wildman–Crippen LogP) is 0.133. The van der Waals surface area contributed by atoms with Crippen LogP contribution >= 0.6 is 0 Å². The van der Waals surface area contributed by atoms with E-state index in [0.29, 0.717) is 22.9 Å². The van der Waals surface area contributed by atoms with Crippen LogP contribution < -0.4 is 16.9 Å². The first-order valence-electron chi connectivity index (χ1n) is 7.54. The molecular formula is C15H15N5O3. The van der Waals surface area contributed by atoms with Crippen LogP contribution in [-0.2, 0) is 0 Å². The number of H-pyrrole nitrogens is 2. The molecule has 2 atom stereocenters. The Morgan fingerprint density at radius 2 is 2.00 bits per heavy atom. The molecule has 2 heterocycles. The molecule has 0 spiro atoms. The van der Waals surface area contributed by atoms with Crippen molar-refractivity contribution < 1.29 is 4.79 Å². The van der Waals surface area contributed by atoms with Crippen LogP contribution in [0.2, 0.25) is 0 Å². The van der Waals surface area contributed by atoms with Crippen LogP contribution in [-0.4, -0.2) is 26.1 Å². The molecule has 2 saturated carbocycles. The average molecular weight is 313 g/mol. The van der Waals surface area contributed by atoms with Gasteiger partial charge in [0.1, 0.15) is 11.4 Å². The minimum absolute atomic E-state index is 0.193. The first kappa shape index (κ1) is 13.9. The molecule has 0 aliphatic heterocycles. The van der Waals surface area contributed by atoms with Crippen molar-refractivity contribution in [1.29, 1.82) is 0 Å². The smallest absolute Gasteiger partial charge is 0.279 e. The number of carbonyl (C=O) groups is 1. The van der Waals surface area contributed by atoms with Crippen molar-refractivity contribution >= 4 is 5.91 Å². The van der Waals surface area contributed by atoms with Gasteiger partial charge < -0.3 is 10.7 Å². The van der Waals surface area contributed by atoms with Crippen LogP contribution in [0.15, 0.2) is 21.9 Å². The molecule has 0 bridgehead atoms. The largest absolute Gasteiger partial charge is 0.364 e. The molecule has 2 aliphatic carbocycles. The van der Waals surface area contributed by atoms with Crippen molar-refractivity contribution in [2.45, 2.75) is 25.2 Å². The summed E-state index contributed by atoms with van der Waals surface area (Å²) in [6.45, 7) is 0. The second-order valence-corrected chi connectivity index (χ2v) is 6.21. The molecule has 2 aromatic heterocycles. The van der Waals surface area contributed by atoms with Gasteiger partial charge in [-0.05, 0) is 43.1 Å². The molecule has 0 radical (unpaired) electrons. The topological polar surface area (TPSA) is 135 Å². The molecule has 4 N–H and O–H groups in total. The summed E-state index contributed by atoms with van der Waals surface area (Å²) in [6.07, 6.45) is 4.88. The molecule has 118 valence electrons. The molecule has 0 aromatic carbocycles. The van der Waals surface area contributed by atoms with E-state index >= 15 is 0 Å². The Bertz CT molecular complexity index is 912. The maximum absolute atomic E-state index is 12.0. The summed E-state index contributed by atoms with van der Waals surface area (Å²) in [4.78, 5) is 41.1. The Hall–Kier alpha value is -2.77. The minimum atomic E-state index is -0.909. The summed E-state index contributed by atoms with van der Waals surface area (Å²) in [7, 11) is 0. The van der Waals surface area contributed by atoms with Crippen molar-refractivity contribution in [2.24, 2.45) is 17.6 Å². The van der Waals surface area contributed by atoms with E-state index in [-0.39, 0.29) is 17.2 Å². The Morgan fingerprint density at radius 3 is 2.70 bits per heavy atom. The molecule has 2 aromatic rings. The van der Waals surface area contributed by atoms with Crippen LogP contribution in [0.4, 0.5) is 0 Å². The summed E-state index contributed by atoms with van der Waals surface area (Å²) >= 11 is 0. The van der Waals surface area contributed by atoms with Crippen molar-refractivity contribution in [3.63, 3.8) is 0 Å². The van der Waals surface area contributed by atoms with Crippen molar-refractivity contribution in [3.05, 3.63) is 44.2 Å². The zero-order valence-electron chi connectivity index (χ0n) is 12.2. The Morgan fingerprint density at radius 1 is 1.22 bits per heavy atom. The number of rotatable bonds is 4. The number of nitrogens with two attached hydrogens (primary N) is 1. The number of aromatic nitrogens is 4. The number of nitrogens with one attached hydrogen (secondary N) is 2. The molecule has 4 rings (SSSR count). The fraction of sp³-hybridized carbons (Fsp3) is 0.400. The molecule has 2 aliphatic rings. The zero-order chi connectivity index (χ0) is 16.1. The van der Waals surface area contributed by atoms with E-state index in [9.17, 15) is 14.4 Å². The summed E-state index contributed by atoms with van der Waals surface area (Å²) < 4.78 is 0. The molecular weight excluding hydrogens is 298 g/mol. The fourth-order valence-electron chi connectivity index (χ4n) is 3.15. The summed E-state index contributed by atoms with van der Waals surface area (Å²) in [5.74, 6) is 0.708. The number of nitrogens with zero attached hydrogens (tertiary/aromatic N) is 2. The van der Waals surface area contributed by atoms with Gasteiger partial charge in [0, 0.05) is 11.8 Å². The standard InChI is InChI=1S/C15H15N5O3/c16-13(21)12-15(23)17-5-11(18-12)10-4-9(14(22)20-19-10)8-3-7(8)6-1-2-6/h4-8H,1-3H2,(H2,16,21)(H,17,23)(H,20,22)/t7-,8+/m1/s1. The summed E-state index contributed by atoms with van der Waals surface area (Å²) in [5, 5.41) is 6.44. The van der Waals surface area contributed by atoms with E-state index in [1.807, 2.05) is 0 Å². The van der Waals surface area contributed by atoms with E-state index in [0.717, 1.165) is 12.3 Å². The highest BCUT2D eigenvalue weighted by Gasteiger charge is 2.49. The first-order chi connectivity index (χ1) is 11.0. The van der Waals surface area contributed by atoms with Crippen molar-refractivity contribution in [1.82, 2.24) is 20.2 Å². The van der Waals surface area contributed by atoms with E-state index in [1.165, 1.54) is 19.0 Å². The summed E-state index contributed by atoms with van der Waals surface area (Å²) in [6, 6.07) is 1.69. The molecule has 0 saturated heterocycles. The van der Waals surface area contributed by atoms with Gasteiger partial charge in [0.15, 0.2) is 5.69 Å². The number of primary amides is 1. The first-order valence-corrected chi connectivity index (χ1v) is 7.54. The van der Waals surface area contributed by atoms with Gasteiger partial charge in [0.05, 0.1) is 0 Å². The maximum Gasteiger partial charge on any atom is 0.279 e. The number of carbonyl (C=O) groups excluding carboxylic acids is 1. The van der Waals surface area contributed by atoms with E-state index in [2.05, 4.69) is 20.2 Å². The zero-order valence-corrected chi connectivity index (χ0v) is 12.2. The number of hydrogen-bond donors (Lipinski definition) is 3. The molecule has 8 nitrogen and oxygen atoms in total. The van der Waals surface area contributed by atoms with Crippen molar-refractivity contribution in [2.75, 3.05) is 0 Å². The molecule has 1 amide bonds. The quantitative estimate of drug-likeness (QED) is 0.737. The third kappa shape index (κ3) is 2.45.